The van der Waals surface area contributed by atoms with Gasteiger partial charge in [0, 0.05) is 32.4 Å². The van der Waals surface area contributed by atoms with E-state index in [1.165, 1.54) is 0 Å². The third-order valence-electron chi connectivity index (χ3n) is 5.69. The molecule has 1 aliphatic heterocycles. The molecule has 0 spiro atoms. The van der Waals surface area contributed by atoms with E-state index in [1.54, 1.807) is 30.1 Å². The van der Waals surface area contributed by atoms with Crippen LogP contribution >= 0.6 is 0 Å². The van der Waals surface area contributed by atoms with E-state index >= 15 is 0 Å². The van der Waals surface area contributed by atoms with E-state index in [0.717, 1.165) is 22.5 Å². The number of H-pyrrole nitrogens is 1. The Bertz CT molecular complexity index is 1020. The first-order valence-corrected chi connectivity index (χ1v) is 9.65. The number of likely N-dealkylation sites (N-methyl/N-ethyl adjacent to an activating group) is 1. The molecule has 2 heterocycles. The van der Waals surface area contributed by atoms with Gasteiger partial charge < -0.3 is 9.80 Å². The average molecular weight is 388 g/mol. The standard InChI is InChI=1S/C23H24N4O2/c1-26(16-18-12-13-24-25-18)21(28)15-23(14-17-8-4-3-5-9-17)19-10-6-7-11-20(19)27(2)22(23)29/h3-13H,14-16H2,1-2H3,(H,24,25)/t23-/m1/s1. The predicted octanol–water partition coefficient (Wildman–Crippen LogP) is 2.92. The molecule has 0 saturated carbocycles. The summed E-state index contributed by atoms with van der Waals surface area (Å²) in [7, 11) is 3.54. The minimum Gasteiger partial charge on any atom is -0.340 e. The fraction of sp³-hybridized carbons (Fsp3) is 0.261. The molecule has 1 N–H and O–H groups in total. The molecule has 29 heavy (non-hydrogen) atoms. The lowest BCUT2D eigenvalue weighted by molar-refractivity contribution is -0.135. The Labute approximate surface area is 170 Å². The number of carbonyl (C=O) groups excluding carboxylic acids is 2. The van der Waals surface area contributed by atoms with Gasteiger partial charge in [-0.15, -0.1) is 0 Å². The van der Waals surface area contributed by atoms with Gasteiger partial charge in [0.15, 0.2) is 0 Å². The Morgan fingerprint density at radius 1 is 1.10 bits per heavy atom. The van der Waals surface area contributed by atoms with Gasteiger partial charge in [-0.2, -0.15) is 5.10 Å². The zero-order valence-electron chi connectivity index (χ0n) is 16.6. The maximum atomic E-state index is 13.5. The highest BCUT2D eigenvalue weighted by molar-refractivity contribution is 6.09. The first kappa shape index (κ1) is 18.9. The second-order valence-electron chi connectivity index (χ2n) is 7.63. The highest BCUT2D eigenvalue weighted by Crippen LogP contribution is 2.45. The van der Waals surface area contributed by atoms with Crippen LogP contribution in [0.3, 0.4) is 0 Å². The lowest BCUT2D eigenvalue weighted by Crippen LogP contribution is -2.44. The highest BCUT2D eigenvalue weighted by Gasteiger charge is 2.51. The average Bonchev–Trinajstić information content (AvgIpc) is 3.31. The van der Waals surface area contributed by atoms with Gasteiger partial charge >= 0.3 is 0 Å². The van der Waals surface area contributed by atoms with Gasteiger partial charge in [-0.25, -0.2) is 0 Å². The van der Waals surface area contributed by atoms with Gasteiger partial charge in [0.05, 0.1) is 17.7 Å². The van der Waals surface area contributed by atoms with Gasteiger partial charge in [-0.3, -0.25) is 14.7 Å². The number of aromatic amines is 1. The molecule has 3 aromatic rings. The van der Waals surface area contributed by atoms with Crippen molar-refractivity contribution in [1.82, 2.24) is 15.1 Å². The van der Waals surface area contributed by atoms with Gasteiger partial charge in [0.2, 0.25) is 11.8 Å². The van der Waals surface area contributed by atoms with Gasteiger partial charge in [-0.05, 0) is 29.7 Å². The number of carbonyl (C=O) groups is 2. The Morgan fingerprint density at radius 2 is 1.83 bits per heavy atom. The molecule has 0 bridgehead atoms. The fourth-order valence-electron chi connectivity index (χ4n) is 4.17. The number of nitrogens with one attached hydrogen (secondary N) is 1. The molecule has 1 aliphatic rings. The monoisotopic (exact) mass is 388 g/mol. The van der Waals surface area contributed by atoms with E-state index in [-0.39, 0.29) is 18.2 Å². The number of nitrogens with zero attached hydrogens (tertiary/aromatic N) is 3. The van der Waals surface area contributed by atoms with E-state index in [0.29, 0.717) is 13.0 Å². The van der Waals surface area contributed by atoms with Gasteiger partial charge in [0.25, 0.3) is 0 Å². The molecule has 0 saturated heterocycles. The van der Waals surface area contributed by atoms with Crippen LogP contribution in [0.2, 0.25) is 0 Å². The van der Waals surface area contributed by atoms with Crippen molar-refractivity contribution in [3.63, 3.8) is 0 Å². The molecule has 148 valence electrons. The summed E-state index contributed by atoms with van der Waals surface area (Å²) in [5.74, 6) is -0.111. The molecular weight excluding hydrogens is 364 g/mol. The van der Waals surface area contributed by atoms with Crippen LogP contribution in [-0.2, 0) is 28.0 Å². The Kier molecular flexibility index (Phi) is 4.92. The van der Waals surface area contributed by atoms with E-state index in [2.05, 4.69) is 10.2 Å². The smallest absolute Gasteiger partial charge is 0.238 e. The third kappa shape index (κ3) is 3.42. The van der Waals surface area contributed by atoms with E-state index < -0.39 is 5.41 Å². The quantitative estimate of drug-likeness (QED) is 0.706. The molecule has 2 aromatic carbocycles. The highest BCUT2D eigenvalue weighted by atomic mass is 16.2. The molecule has 0 fully saturated rings. The fourth-order valence-corrected chi connectivity index (χ4v) is 4.17. The van der Waals surface area contributed by atoms with Crippen LogP contribution in [-0.4, -0.2) is 41.0 Å². The number of hydrogen-bond donors (Lipinski definition) is 1. The summed E-state index contributed by atoms with van der Waals surface area (Å²) in [6, 6.07) is 19.5. The van der Waals surface area contributed by atoms with Crippen LogP contribution in [0.25, 0.3) is 0 Å². The topological polar surface area (TPSA) is 69.3 Å². The predicted molar refractivity (Wildman–Crippen MR) is 111 cm³/mol. The van der Waals surface area contributed by atoms with Crippen molar-refractivity contribution in [3.05, 3.63) is 83.7 Å². The Balaban J connectivity index is 1.70. The molecule has 1 atom stereocenters. The normalized spacial score (nSPS) is 18.0. The Morgan fingerprint density at radius 3 is 2.55 bits per heavy atom. The SMILES string of the molecule is CN(Cc1ccn[nH]1)C(=O)C[C@@]1(Cc2ccccc2)C(=O)N(C)c2ccccc21. The number of benzene rings is 2. The van der Waals surface area contributed by atoms with Crippen LogP contribution in [0.5, 0.6) is 0 Å². The van der Waals surface area contributed by atoms with Crippen LogP contribution < -0.4 is 4.90 Å². The molecule has 6 heteroatoms. The summed E-state index contributed by atoms with van der Waals surface area (Å²) in [5, 5.41) is 6.81. The molecule has 2 amide bonds. The number of anilines is 1. The third-order valence-corrected chi connectivity index (χ3v) is 5.69. The zero-order valence-corrected chi connectivity index (χ0v) is 16.6. The second-order valence-corrected chi connectivity index (χ2v) is 7.63. The number of aromatic nitrogens is 2. The molecule has 0 unspecified atom stereocenters. The second kappa shape index (κ2) is 7.54. The summed E-state index contributed by atoms with van der Waals surface area (Å²) < 4.78 is 0. The molecule has 4 rings (SSSR count). The van der Waals surface area contributed by atoms with Gasteiger partial charge in [0.1, 0.15) is 0 Å². The molecule has 0 aliphatic carbocycles. The number of hydrogen-bond acceptors (Lipinski definition) is 3. The van der Waals surface area contributed by atoms with Crippen molar-refractivity contribution < 1.29 is 9.59 Å². The van der Waals surface area contributed by atoms with Crippen LogP contribution in [0.15, 0.2) is 66.9 Å². The van der Waals surface area contributed by atoms with Crippen molar-refractivity contribution in [2.24, 2.45) is 0 Å². The maximum absolute atomic E-state index is 13.5. The Hall–Kier alpha value is -3.41. The summed E-state index contributed by atoms with van der Waals surface area (Å²) >= 11 is 0. The number of para-hydroxylation sites is 1. The lowest BCUT2D eigenvalue weighted by atomic mass is 9.73. The van der Waals surface area contributed by atoms with Crippen molar-refractivity contribution in [3.8, 4) is 0 Å². The molecule has 1 aromatic heterocycles. The summed E-state index contributed by atoms with van der Waals surface area (Å²) in [5.41, 5.74) is 2.77. The van der Waals surface area contributed by atoms with Crippen LogP contribution in [0, 0.1) is 0 Å². The number of rotatable bonds is 6. The van der Waals surface area contributed by atoms with E-state index in [4.69, 9.17) is 0 Å². The van der Waals surface area contributed by atoms with E-state index in [1.807, 2.05) is 60.7 Å². The minimum atomic E-state index is -0.911. The minimum absolute atomic E-state index is 0.0363. The largest absolute Gasteiger partial charge is 0.340 e. The van der Waals surface area contributed by atoms with E-state index in [9.17, 15) is 9.59 Å². The summed E-state index contributed by atoms with van der Waals surface area (Å²) in [6.07, 6.45) is 2.26. The molecule has 0 radical (unpaired) electrons. The van der Waals surface area contributed by atoms with Crippen molar-refractivity contribution in [1.29, 1.82) is 0 Å². The van der Waals surface area contributed by atoms with Crippen molar-refractivity contribution in [2.45, 2.75) is 24.8 Å². The van der Waals surface area contributed by atoms with Crippen LogP contribution in [0.4, 0.5) is 5.69 Å². The first-order valence-electron chi connectivity index (χ1n) is 9.65. The van der Waals surface area contributed by atoms with Crippen molar-refractivity contribution in [2.75, 3.05) is 19.0 Å². The van der Waals surface area contributed by atoms with Gasteiger partial charge in [-0.1, -0.05) is 48.5 Å². The first-order chi connectivity index (χ1) is 14.0. The number of fused-ring (bicyclic) bond motifs is 1. The summed E-state index contributed by atoms with van der Waals surface area (Å²) in [4.78, 5) is 30.0. The lowest BCUT2D eigenvalue weighted by Gasteiger charge is -2.30. The summed E-state index contributed by atoms with van der Waals surface area (Å²) in [6.45, 7) is 0.423. The molecule has 6 nitrogen and oxygen atoms in total. The zero-order chi connectivity index (χ0) is 20.4. The maximum Gasteiger partial charge on any atom is 0.238 e. The van der Waals surface area contributed by atoms with Crippen LogP contribution in [0.1, 0.15) is 23.2 Å². The van der Waals surface area contributed by atoms with Crippen molar-refractivity contribution >= 4 is 17.5 Å². The molecular formula is C23H24N4O2. The number of amides is 2.